The normalized spacial score (nSPS) is 11.4. The topological polar surface area (TPSA) is 116 Å². The van der Waals surface area contributed by atoms with Crippen LogP contribution in [0.5, 0.6) is 0 Å². The molecule has 0 aliphatic carbocycles. The summed E-state index contributed by atoms with van der Waals surface area (Å²) in [6.07, 6.45) is -1.12. The van der Waals surface area contributed by atoms with E-state index in [2.05, 4.69) is 5.32 Å². The van der Waals surface area contributed by atoms with Gasteiger partial charge in [0.05, 0.1) is 4.92 Å². The fourth-order valence-corrected chi connectivity index (χ4v) is 2.57. The van der Waals surface area contributed by atoms with E-state index in [9.17, 15) is 24.5 Å². The highest BCUT2D eigenvalue weighted by Gasteiger charge is 2.22. The van der Waals surface area contributed by atoms with Crippen LogP contribution in [0.25, 0.3) is 0 Å². The second kappa shape index (κ2) is 7.67. The van der Waals surface area contributed by atoms with Gasteiger partial charge in [-0.2, -0.15) is 0 Å². The maximum absolute atomic E-state index is 12.1. The third-order valence-electron chi connectivity index (χ3n) is 3.16. The number of hydrogen-bond acceptors (Lipinski definition) is 7. The Morgan fingerprint density at radius 3 is 2.56 bits per heavy atom. The summed E-state index contributed by atoms with van der Waals surface area (Å²) in [7, 11) is 0. The first kappa shape index (κ1) is 18.3. The molecule has 130 valence electrons. The van der Waals surface area contributed by atoms with E-state index in [1.54, 1.807) is 18.2 Å². The third kappa shape index (κ3) is 4.70. The Labute approximate surface area is 146 Å². The lowest BCUT2D eigenvalue weighted by Gasteiger charge is -2.13. The Morgan fingerprint density at radius 1 is 1.24 bits per heavy atom. The average molecular weight is 362 g/mol. The van der Waals surface area contributed by atoms with Crippen LogP contribution in [0.2, 0.25) is 0 Å². The molecule has 1 aromatic carbocycles. The minimum atomic E-state index is -1.12. The number of hydrogen-bond donors (Lipinski definition) is 1. The highest BCUT2D eigenvalue weighted by atomic mass is 32.1. The van der Waals surface area contributed by atoms with Gasteiger partial charge < -0.3 is 10.1 Å². The zero-order chi connectivity index (χ0) is 18.6. The first-order valence-corrected chi connectivity index (χ1v) is 7.96. The Hall–Kier alpha value is -3.07. The molecule has 1 N–H and O–H groups in total. The Balaban J connectivity index is 1.99. The van der Waals surface area contributed by atoms with Crippen molar-refractivity contribution in [3.8, 4) is 0 Å². The molecule has 0 fully saturated rings. The Kier molecular flexibility index (Phi) is 5.60. The molecule has 25 heavy (non-hydrogen) atoms. The van der Waals surface area contributed by atoms with Crippen LogP contribution in [0, 0.1) is 10.1 Å². The van der Waals surface area contributed by atoms with Gasteiger partial charge in [-0.1, -0.05) is 23.5 Å². The van der Waals surface area contributed by atoms with Crippen LogP contribution in [-0.4, -0.2) is 28.7 Å². The summed E-state index contributed by atoms with van der Waals surface area (Å²) in [4.78, 5) is 45.4. The first-order chi connectivity index (χ1) is 11.8. The van der Waals surface area contributed by atoms with E-state index < -0.39 is 22.9 Å². The summed E-state index contributed by atoms with van der Waals surface area (Å²) in [6.45, 7) is 2.79. The van der Waals surface area contributed by atoms with Crippen LogP contribution in [-0.2, 0) is 9.53 Å². The molecule has 1 atom stereocenters. The molecule has 8 nitrogen and oxygen atoms in total. The number of nitro groups is 1. The SMILES string of the molecule is CC(=O)c1cccc(NC(=O)[C@H](C)OC(=O)c2ccc([N+](=O)[O-])s2)c1. The molecule has 9 heteroatoms. The number of thiophene rings is 1. The third-order valence-corrected chi connectivity index (χ3v) is 4.18. The van der Waals surface area contributed by atoms with Gasteiger partial charge in [0.1, 0.15) is 4.88 Å². The number of nitrogens with one attached hydrogen (secondary N) is 1. The van der Waals surface area contributed by atoms with Crippen LogP contribution in [0.3, 0.4) is 0 Å². The van der Waals surface area contributed by atoms with Crippen LogP contribution in [0.1, 0.15) is 33.9 Å². The largest absolute Gasteiger partial charge is 0.448 e. The Bertz CT molecular complexity index is 845. The number of benzene rings is 1. The average Bonchev–Trinajstić information content (AvgIpc) is 3.05. The lowest BCUT2D eigenvalue weighted by molar-refractivity contribution is -0.380. The first-order valence-electron chi connectivity index (χ1n) is 7.15. The molecule has 0 aliphatic heterocycles. The summed E-state index contributed by atoms with van der Waals surface area (Å²) in [5.74, 6) is -1.55. The van der Waals surface area contributed by atoms with Crippen LogP contribution in [0.4, 0.5) is 10.7 Å². The number of carbonyl (C=O) groups is 3. The van der Waals surface area contributed by atoms with Gasteiger partial charge in [-0.3, -0.25) is 19.7 Å². The van der Waals surface area contributed by atoms with E-state index in [1.807, 2.05) is 0 Å². The van der Waals surface area contributed by atoms with Crippen LogP contribution in [0.15, 0.2) is 36.4 Å². The van der Waals surface area contributed by atoms with Crippen molar-refractivity contribution in [3.63, 3.8) is 0 Å². The van der Waals surface area contributed by atoms with Crippen molar-refractivity contribution in [3.05, 3.63) is 57.0 Å². The van der Waals surface area contributed by atoms with Crippen molar-refractivity contribution in [2.24, 2.45) is 0 Å². The molecule has 1 aromatic heterocycles. The van der Waals surface area contributed by atoms with Crippen LogP contribution >= 0.6 is 11.3 Å². The van der Waals surface area contributed by atoms with Gasteiger partial charge in [0.2, 0.25) is 0 Å². The molecule has 0 spiro atoms. The number of ether oxygens (including phenoxy) is 1. The van der Waals surface area contributed by atoms with E-state index in [0.29, 0.717) is 22.6 Å². The van der Waals surface area contributed by atoms with E-state index in [4.69, 9.17) is 4.74 Å². The van der Waals surface area contributed by atoms with Crippen molar-refractivity contribution in [1.29, 1.82) is 0 Å². The van der Waals surface area contributed by atoms with Crippen LogP contribution < -0.4 is 5.32 Å². The summed E-state index contributed by atoms with van der Waals surface area (Å²) >= 11 is 0.669. The van der Waals surface area contributed by atoms with Gasteiger partial charge in [0.15, 0.2) is 11.9 Å². The summed E-state index contributed by atoms with van der Waals surface area (Å²) in [5, 5.41) is 13.0. The molecular weight excluding hydrogens is 348 g/mol. The number of carbonyl (C=O) groups excluding carboxylic acids is 3. The monoisotopic (exact) mass is 362 g/mol. The predicted octanol–water partition coefficient (Wildman–Crippen LogP) is 3.04. The summed E-state index contributed by atoms with van der Waals surface area (Å²) in [5.41, 5.74) is 0.834. The molecule has 2 rings (SSSR count). The van der Waals surface area contributed by atoms with Gasteiger partial charge >= 0.3 is 11.0 Å². The second-order valence-corrected chi connectivity index (χ2v) is 6.13. The molecule has 0 unspecified atom stereocenters. The summed E-state index contributed by atoms with van der Waals surface area (Å²) in [6, 6.07) is 8.81. The number of anilines is 1. The minimum Gasteiger partial charge on any atom is -0.448 e. The second-order valence-electron chi connectivity index (χ2n) is 5.07. The van der Waals surface area contributed by atoms with Gasteiger partial charge in [0, 0.05) is 17.3 Å². The maximum atomic E-state index is 12.1. The molecular formula is C16H14N2O6S. The van der Waals surface area contributed by atoms with Crippen molar-refractivity contribution in [2.75, 3.05) is 5.32 Å². The molecule has 0 aliphatic rings. The van der Waals surface area contributed by atoms with Crippen molar-refractivity contribution >= 4 is 39.7 Å². The molecule has 2 aromatic rings. The lowest BCUT2D eigenvalue weighted by Crippen LogP contribution is -2.29. The number of rotatable bonds is 6. The zero-order valence-electron chi connectivity index (χ0n) is 13.3. The highest BCUT2D eigenvalue weighted by molar-refractivity contribution is 7.17. The number of Topliss-reactive ketones (excluding diaryl/α,β-unsaturated/α-hetero) is 1. The quantitative estimate of drug-likeness (QED) is 0.365. The molecule has 0 bridgehead atoms. The zero-order valence-corrected chi connectivity index (χ0v) is 14.2. The predicted molar refractivity (Wildman–Crippen MR) is 90.9 cm³/mol. The molecule has 0 saturated carbocycles. The number of ketones is 1. The van der Waals surface area contributed by atoms with E-state index >= 15 is 0 Å². The summed E-state index contributed by atoms with van der Waals surface area (Å²) < 4.78 is 5.01. The standard InChI is InChI=1S/C16H14N2O6S/c1-9(19)11-4-3-5-12(8-11)17-15(20)10(2)24-16(21)13-6-7-14(25-13)18(22)23/h3-8,10H,1-2H3,(H,17,20)/t10-/m0/s1. The van der Waals surface area contributed by atoms with Crippen molar-refractivity contribution in [2.45, 2.75) is 20.0 Å². The van der Waals surface area contributed by atoms with E-state index in [-0.39, 0.29) is 15.7 Å². The minimum absolute atomic E-state index is 0.0323. The molecule has 0 saturated heterocycles. The molecule has 1 heterocycles. The molecule has 0 radical (unpaired) electrons. The fourth-order valence-electron chi connectivity index (χ4n) is 1.87. The number of amides is 1. The number of nitrogens with zero attached hydrogens (tertiary/aromatic N) is 1. The Morgan fingerprint density at radius 2 is 1.96 bits per heavy atom. The number of esters is 1. The van der Waals surface area contributed by atoms with E-state index in [1.165, 1.54) is 32.0 Å². The van der Waals surface area contributed by atoms with Gasteiger partial charge in [0.25, 0.3) is 5.91 Å². The maximum Gasteiger partial charge on any atom is 0.349 e. The van der Waals surface area contributed by atoms with Gasteiger partial charge in [-0.25, -0.2) is 4.79 Å². The van der Waals surface area contributed by atoms with E-state index in [0.717, 1.165) is 0 Å². The fraction of sp³-hybridized carbons (Fsp3) is 0.188. The van der Waals surface area contributed by atoms with Crippen molar-refractivity contribution < 1.29 is 24.0 Å². The highest BCUT2D eigenvalue weighted by Crippen LogP contribution is 2.24. The van der Waals surface area contributed by atoms with Crippen molar-refractivity contribution in [1.82, 2.24) is 0 Å². The lowest BCUT2D eigenvalue weighted by atomic mass is 10.1. The van der Waals surface area contributed by atoms with Gasteiger partial charge in [-0.15, -0.1) is 0 Å². The molecule has 1 amide bonds. The smallest absolute Gasteiger partial charge is 0.349 e. The van der Waals surface area contributed by atoms with Gasteiger partial charge in [-0.05, 0) is 32.0 Å².